The van der Waals surface area contributed by atoms with E-state index in [2.05, 4.69) is 27.7 Å². The van der Waals surface area contributed by atoms with E-state index in [0.29, 0.717) is 17.8 Å². The number of carbonyl (C=O) groups is 1. The summed E-state index contributed by atoms with van der Waals surface area (Å²) >= 11 is 0. The van der Waals surface area contributed by atoms with E-state index in [1.807, 2.05) is 13.0 Å². The predicted molar refractivity (Wildman–Crippen MR) is 83.7 cm³/mol. The van der Waals surface area contributed by atoms with Crippen LogP contribution in [0.25, 0.3) is 11.1 Å². The Morgan fingerprint density at radius 2 is 2.23 bits per heavy atom. The maximum atomic E-state index is 12.4. The van der Waals surface area contributed by atoms with Crippen molar-refractivity contribution >= 4 is 17.0 Å². The molecule has 0 radical (unpaired) electrons. The molecule has 3 rings (SSSR count). The van der Waals surface area contributed by atoms with Gasteiger partial charge in [0.1, 0.15) is 0 Å². The highest BCUT2D eigenvalue weighted by molar-refractivity contribution is 5.97. The van der Waals surface area contributed by atoms with Gasteiger partial charge in [-0.3, -0.25) is 4.79 Å². The maximum absolute atomic E-state index is 12.4. The fourth-order valence-corrected chi connectivity index (χ4v) is 2.86. The highest BCUT2D eigenvalue weighted by Gasteiger charge is 2.27. The van der Waals surface area contributed by atoms with Gasteiger partial charge in [0.2, 0.25) is 0 Å². The van der Waals surface area contributed by atoms with Gasteiger partial charge in [-0.2, -0.15) is 0 Å². The van der Waals surface area contributed by atoms with Gasteiger partial charge in [-0.15, -0.1) is 0 Å². The SMILES string of the molecule is CCc1noc2ncc(C(=O)NCC3(C)CCNCC3)cc12. The summed E-state index contributed by atoms with van der Waals surface area (Å²) in [7, 11) is 0. The van der Waals surface area contributed by atoms with E-state index in [9.17, 15) is 4.79 Å². The number of rotatable bonds is 4. The number of fused-ring (bicyclic) bond motifs is 1. The average Bonchev–Trinajstić information content (AvgIpc) is 2.95. The summed E-state index contributed by atoms with van der Waals surface area (Å²) in [5, 5.41) is 11.2. The molecular weight excluding hydrogens is 280 g/mol. The molecule has 0 atom stereocenters. The van der Waals surface area contributed by atoms with Crippen LogP contribution in [0.3, 0.4) is 0 Å². The van der Waals surface area contributed by atoms with Crippen LogP contribution in [0, 0.1) is 5.41 Å². The molecule has 0 unspecified atom stereocenters. The minimum absolute atomic E-state index is 0.0857. The number of piperidine rings is 1. The Kier molecular flexibility index (Phi) is 4.11. The van der Waals surface area contributed by atoms with Crippen LogP contribution in [0.4, 0.5) is 0 Å². The van der Waals surface area contributed by atoms with E-state index in [1.54, 1.807) is 6.20 Å². The lowest BCUT2D eigenvalue weighted by molar-refractivity contribution is 0.0922. The van der Waals surface area contributed by atoms with Crippen molar-refractivity contribution in [1.82, 2.24) is 20.8 Å². The molecule has 1 fully saturated rings. The average molecular weight is 302 g/mol. The molecule has 118 valence electrons. The molecule has 1 aliphatic rings. The molecule has 2 N–H and O–H groups in total. The molecule has 0 spiro atoms. The van der Waals surface area contributed by atoms with Gasteiger partial charge in [-0.25, -0.2) is 4.98 Å². The zero-order chi connectivity index (χ0) is 15.6. The zero-order valence-corrected chi connectivity index (χ0v) is 13.1. The lowest BCUT2D eigenvalue weighted by atomic mass is 9.81. The van der Waals surface area contributed by atoms with Crippen LogP contribution in [0.5, 0.6) is 0 Å². The molecule has 1 saturated heterocycles. The second-order valence-corrected chi connectivity index (χ2v) is 6.30. The van der Waals surface area contributed by atoms with Gasteiger partial charge in [0, 0.05) is 12.7 Å². The van der Waals surface area contributed by atoms with Gasteiger partial charge in [0.25, 0.3) is 11.6 Å². The van der Waals surface area contributed by atoms with Gasteiger partial charge in [0.05, 0.1) is 16.6 Å². The van der Waals surface area contributed by atoms with Crippen molar-refractivity contribution in [2.75, 3.05) is 19.6 Å². The summed E-state index contributed by atoms with van der Waals surface area (Å²) in [5.74, 6) is -0.0857. The van der Waals surface area contributed by atoms with E-state index in [1.165, 1.54) is 0 Å². The number of hydrogen-bond donors (Lipinski definition) is 2. The van der Waals surface area contributed by atoms with Crippen molar-refractivity contribution in [3.63, 3.8) is 0 Å². The van der Waals surface area contributed by atoms with E-state index >= 15 is 0 Å². The molecule has 1 amide bonds. The van der Waals surface area contributed by atoms with Crippen LogP contribution in [0.1, 0.15) is 42.7 Å². The van der Waals surface area contributed by atoms with Crippen molar-refractivity contribution < 1.29 is 9.32 Å². The standard InChI is InChI=1S/C16H22N4O2/c1-3-13-12-8-11(9-18-15(12)22-20-13)14(21)19-10-16(2)4-6-17-7-5-16/h8-9,17H,3-7,10H2,1-2H3,(H,19,21). The second kappa shape index (κ2) is 6.04. The number of pyridine rings is 1. The second-order valence-electron chi connectivity index (χ2n) is 6.30. The van der Waals surface area contributed by atoms with Crippen LogP contribution in [0.15, 0.2) is 16.8 Å². The molecular formula is C16H22N4O2. The third-order valence-electron chi connectivity index (χ3n) is 4.49. The molecule has 6 nitrogen and oxygen atoms in total. The largest absolute Gasteiger partial charge is 0.351 e. The van der Waals surface area contributed by atoms with Gasteiger partial charge in [-0.05, 0) is 43.8 Å². The number of carbonyl (C=O) groups excluding carboxylic acids is 1. The Morgan fingerprint density at radius 3 is 2.95 bits per heavy atom. The summed E-state index contributed by atoms with van der Waals surface area (Å²) in [6.45, 7) is 6.95. The fraction of sp³-hybridized carbons (Fsp3) is 0.562. The first-order chi connectivity index (χ1) is 10.6. The lowest BCUT2D eigenvalue weighted by Gasteiger charge is -2.34. The number of amides is 1. The van der Waals surface area contributed by atoms with Crippen LogP contribution in [-0.4, -0.2) is 35.7 Å². The van der Waals surface area contributed by atoms with Crippen molar-refractivity contribution in [1.29, 1.82) is 0 Å². The lowest BCUT2D eigenvalue weighted by Crippen LogP contribution is -2.42. The minimum atomic E-state index is -0.0857. The highest BCUT2D eigenvalue weighted by atomic mass is 16.5. The Balaban J connectivity index is 1.71. The third kappa shape index (κ3) is 2.97. The molecule has 6 heteroatoms. The van der Waals surface area contributed by atoms with Crippen LogP contribution < -0.4 is 10.6 Å². The van der Waals surface area contributed by atoms with Crippen LogP contribution in [-0.2, 0) is 6.42 Å². The Morgan fingerprint density at radius 1 is 1.45 bits per heavy atom. The summed E-state index contributed by atoms with van der Waals surface area (Å²) in [5.41, 5.74) is 2.05. The fourth-order valence-electron chi connectivity index (χ4n) is 2.86. The summed E-state index contributed by atoms with van der Waals surface area (Å²) < 4.78 is 5.15. The number of nitrogens with one attached hydrogen (secondary N) is 2. The quantitative estimate of drug-likeness (QED) is 0.901. The smallest absolute Gasteiger partial charge is 0.257 e. The molecule has 1 aliphatic heterocycles. The number of hydrogen-bond acceptors (Lipinski definition) is 5. The highest BCUT2D eigenvalue weighted by Crippen LogP contribution is 2.27. The topological polar surface area (TPSA) is 80.0 Å². The summed E-state index contributed by atoms with van der Waals surface area (Å²) in [6.07, 6.45) is 4.46. The maximum Gasteiger partial charge on any atom is 0.257 e. The van der Waals surface area contributed by atoms with E-state index in [-0.39, 0.29) is 11.3 Å². The Bertz CT molecular complexity index is 674. The van der Waals surface area contributed by atoms with E-state index in [4.69, 9.17) is 4.52 Å². The first-order valence-electron chi connectivity index (χ1n) is 7.84. The molecule has 22 heavy (non-hydrogen) atoms. The van der Waals surface area contributed by atoms with Crippen LogP contribution in [0.2, 0.25) is 0 Å². The first kappa shape index (κ1) is 15.0. The molecule has 0 bridgehead atoms. The Labute approximate surface area is 129 Å². The van der Waals surface area contributed by atoms with Gasteiger partial charge in [-0.1, -0.05) is 19.0 Å². The van der Waals surface area contributed by atoms with E-state index in [0.717, 1.165) is 43.4 Å². The Hall–Kier alpha value is -1.95. The number of nitrogens with zero attached hydrogens (tertiary/aromatic N) is 2. The minimum Gasteiger partial charge on any atom is -0.351 e. The molecule has 3 heterocycles. The molecule has 2 aromatic rings. The van der Waals surface area contributed by atoms with Crippen molar-refractivity contribution in [2.24, 2.45) is 5.41 Å². The molecule has 2 aromatic heterocycles. The number of aromatic nitrogens is 2. The zero-order valence-electron chi connectivity index (χ0n) is 13.1. The third-order valence-corrected chi connectivity index (χ3v) is 4.49. The van der Waals surface area contributed by atoms with E-state index < -0.39 is 0 Å². The van der Waals surface area contributed by atoms with Crippen molar-refractivity contribution in [2.45, 2.75) is 33.1 Å². The first-order valence-corrected chi connectivity index (χ1v) is 7.84. The van der Waals surface area contributed by atoms with Gasteiger partial charge in [0.15, 0.2) is 0 Å². The normalized spacial score (nSPS) is 17.5. The predicted octanol–water partition coefficient (Wildman–Crippen LogP) is 1.90. The van der Waals surface area contributed by atoms with Crippen LogP contribution >= 0.6 is 0 Å². The summed E-state index contributed by atoms with van der Waals surface area (Å²) in [6, 6.07) is 1.82. The summed E-state index contributed by atoms with van der Waals surface area (Å²) in [4.78, 5) is 16.6. The molecule has 0 aliphatic carbocycles. The number of aryl methyl sites for hydroxylation is 1. The van der Waals surface area contributed by atoms with Gasteiger partial charge >= 0.3 is 0 Å². The van der Waals surface area contributed by atoms with Gasteiger partial charge < -0.3 is 15.2 Å². The monoisotopic (exact) mass is 302 g/mol. The molecule has 0 saturated carbocycles. The molecule has 0 aromatic carbocycles. The van der Waals surface area contributed by atoms with Crippen molar-refractivity contribution in [3.8, 4) is 0 Å². The van der Waals surface area contributed by atoms with Crippen molar-refractivity contribution in [3.05, 3.63) is 23.5 Å².